The summed E-state index contributed by atoms with van der Waals surface area (Å²) in [6.07, 6.45) is 6.64. The molecule has 0 saturated heterocycles. The minimum atomic E-state index is -1.04. The quantitative estimate of drug-likeness (QED) is 0.738. The van der Waals surface area contributed by atoms with Crippen LogP contribution in [-0.2, 0) is 9.59 Å². The summed E-state index contributed by atoms with van der Waals surface area (Å²) < 4.78 is 0. The van der Waals surface area contributed by atoms with E-state index >= 15 is 0 Å². The molecule has 5 nitrogen and oxygen atoms in total. The van der Waals surface area contributed by atoms with Gasteiger partial charge >= 0.3 is 5.97 Å². The van der Waals surface area contributed by atoms with E-state index in [1.807, 2.05) is 0 Å². The molecule has 2 fully saturated rings. The maximum atomic E-state index is 12.5. The largest absolute Gasteiger partial charge is 0.480 e. The number of hydrogen-bond acceptors (Lipinski definition) is 3. The molecule has 0 radical (unpaired) electrons. The average Bonchev–Trinajstić information content (AvgIpc) is 2.47. The molecule has 4 N–H and O–H groups in total. The van der Waals surface area contributed by atoms with E-state index in [1.54, 1.807) is 0 Å². The third-order valence-corrected chi connectivity index (χ3v) is 5.32. The van der Waals surface area contributed by atoms with Crippen LogP contribution in [0.3, 0.4) is 0 Å². The third kappa shape index (κ3) is 3.76. The minimum absolute atomic E-state index is 0.0405. The molecule has 0 aromatic heterocycles. The molecule has 120 valence electrons. The summed E-state index contributed by atoms with van der Waals surface area (Å²) in [5, 5.41) is 12.5. The van der Waals surface area contributed by atoms with E-state index in [0.29, 0.717) is 31.2 Å². The molecular formula is C16H28N2O3. The number of rotatable bonds is 4. The molecule has 1 amide bonds. The molecule has 21 heavy (non-hydrogen) atoms. The highest BCUT2D eigenvalue weighted by molar-refractivity contribution is 5.88. The van der Waals surface area contributed by atoms with Crippen molar-refractivity contribution in [3.05, 3.63) is 0 Å². The zero-order chi connectivity index (χ0) is 15.5. The van der Waals surface area contributed by atoms with Gasteiger partial charge in [0.05, 0.1) is 0 Å². The second-order valence-corrected chi connectivity index (χ2v) is 7.03. The molecule has 2 rings (SSSR count). The second-order valence-electron chi connectivity index (χ2n) is 7.03. The Morgan fingerprint density at radius 2 is 1.90 bits per heavy atom. The maximum Gasteiger partial charge on any atom is 0.329 e. The molecule has 2 aliphatic rings. The van der Waals surface area contributed by atoms with Crippen LogP contribution in [0.2, 0.25) is 0 Å². The summed E-state index contributed by atoms with van der Waals surface area (Å²) in [6, 6.07) is 0. The summed E-state index contributed by atoms with van der Waals surface area (Å²) in [6.45, 7) is 2.75. The standard InChI is InChI=1S/C16H28N2O3/c1-11-3-2-8-16(9-11,15(20)21)18-14(19)13-6-4-12(10-17)5-7-13/h11-13H,2-10,17H2,1H3,(H,18,19)(H,20,21). The van der Waals surface area contributed by atoms with Crippen LogP contribution in [0.5, 0.6) is 0 Å². The van der Waals surface area contributed by atoms with Gasteiger partial charge in [-0.1, -0.05) is 19.8 Å². The number of hydrogen-bond donors (Lipinski definition) is 3. The lowest BCUT2D eigenvalue weighted by Crippen LogP contribution is -2.58. The smallest absolute Gasteiger partial charge is 0.329 e. The van der Waals surface area contributed by atoms with E-state index in [9.17, 15) is 14.7 Å². The number of carboxylic acids is 1. The molecule has 0 aliphatic heterocycles. The SMILES string of the molecule is CC1CCCC(NC(=O)C2CCC(CN)CC2)(C(=O)O)C1. The molecule has 0 heterocycles. The van der Waals surface area contributed by atoms with Crippen LogP contribution >= 0.6 is 0 Å². The number of nitrogens with two attached hydrogens (primary N) is 1. The predicted octanol–water partition coefficient (Wildman–Crippen LogP) is 1.90. The number of amides is 1. The van der Waals surface area contributed by atoms with Gasteiger partial charge in [-0.25, -0.2) is 4.79 Å². The molecule has 2 atom stereocenters. The Labute approximate surface area is 126 Å². The highest BCUT2D eigenvalue weighted by Gasteiger charge is 2.44. The zero-order valence-corrected chi connectivity index (χ0v) is 12.9. The van der Waals surface area contributed by atoms with Crippen LogP contribution in [0, 0.1) is 17.8 Å². The first-order valence-corrected chi connectivity index (χ1v) is 8.22. The number of aliphatic carboxylic acids is 1. The Bertz CT molecular complexity index is 391. The van der Waals surface area contributed by atoms with Gasteiger partial charge in [0, 0.05) is 5.92 Å². The highest BCUT2D eigenvalue weighted by atomic mass is 16.4. The van der Waals surface area contributed by atoms with Gasteiger partial charge in [0.1, 0.15) is 5.54 Å². The Balaban J connectivity index is 1.97. The van der Waals surface area contributed by atoms with Crippen molar-refractivity contribution in [3.8, 4) is 0 Å². The topological polar surface area (TPSA) is 92.4 Å². The van der Waals surface area contributed by atoms with Crippen LogP contribution in [0.1, 0.15) is 58.3 Å². The van der Waals surface area contributed by atoms with Crippen molar-refractivity contribution in [2.45, 2.75) is 63.8 Å². The zero-order valence-electron chi connectivity index (χ0n) is 12.9. The van der Waals surface area contributed by atoms with E-state index in [2.05, 4.69) is 12.2 Å². The molecule has 0 spiro atoms. The fourth-order valence-electron chi connectivity index (χ4n) is 3.91. The van der Waals surface area contributed by atoms with E-state index < -0.39 is 11.5 Å². The Morgan fingerprint density at radius 1 is 1.24 bits per heavy atom. The Morgan fingerprint density at radius 3 is 2.43 bits per heavy atom. The van der Waals surface area contributed by atoms with Crippen LogP contribution in [-0.4, -0.2) is 29.1 Å². The molecule has 2 aliphatic carbocycles. The van der Waals surface area contributed by atoms with Crippen molar-refractivity contribution >= 4 is 11.9 Å². The van der Waals surface area contributed by atoms with Crippen LogP contribution in [0.4, 0.5) is 0 Å². The Kier molecular flexibility index (Phi) is 5.25. The van der Waals surface area contributed by atoms with Gasteiger partial charge in [-0.3, -0.25) is 4.79 Å². The summed E-state index contributed by atoms with van der Waals surface area (Å²) in [5.41, 5.74) is 4.63. The lowest BCUT2D eigenvalue weighted by molar-refractivity contribution is -0.151. The highest BCUT2D eigenvalue weighted by Crippen LogP contribution is 2.34. The molecule has 2 unspecified atom stereocenters. The van der Waals surface area contributed by atoms with Crippen LogP contribution in [0.25, 0.3) is 0 Å². The van der Waals surface area contributed by atoms with E-state index in [4.69, 9.17) is 5.73 Å². The number of carboxylic acid groups (broad SMARTS) is 1. The van der Waals surface area contributed by atoms with Crippen molar-refractivity contribution in [2.75, 3.05) is 6.54 Å². The molecule has 0 bridgehead atoms. The van der Waals surface area contributed by atoms with Gasteiger partial charge in [-0.2, -0.15) is 0 Å². The van der Waals surface area contributed by atoms with E-state index in [0.717, 1.165) is 38.5 Å². The maximum absolute atomic E-state index is 12.5. The lowest BCUT2D eigenvalue weighted by Gasteiger charge is -2.38. The van der Waals surface area contributed by atoms with Gasteiger partial charge in [0.2, 0.25) is 5.91 Å². The van der Waals surface area contributed by atoms with E-state index in [1.165, 1.54) is 0 Å². The first kappa shape index (κ1) is 16.3. The summed E-state index contributed by atoms with van der Waals surface area (Å²) in [4.78, 5) is 24.2. The summed E-state index contributed by atoms with van der Waals surface area (Å²) in [5.74, 6) is -0.110. The fourth-order valence-corrected chi connectivity index (χ4v) is 3.91. The Hall–Kier alpha value is -1.10. The first-order chi connectivity index (χ1) is 9.97. The van der Waals surface area contributed by atoms with Crippen LogP contribution < -0.4 is 11.1 Å². The second kappa shape index (κ2) is 6.77. The summed E-state index contributed by atoms with van der Waals surface area (Å²) in [7, 11) is 0. The predicted molar refractivity (Wildman–Crippen MR) is 80.6 cm³/mol. The molecular weight excluding hydrogens is 268 g/mol. The van der Waals surface area contributed by atoms with Crippen LogP contribution in [0.15, 0.2) is 0 Å². The number of nitrogens with one attached hydrogen (secondary N) is 1. The molecule has 0 aromatic carbocycles. The molecule has 5 heteroatoms. The average molecular weight is 296 g/mol. The molecule has 2 saturated carbocycles. The van der Waals surface area contributed by atoms with Gasteiger partial charge in [0.25, 0.3) is 0 Å². The van der Waals surface area contributed by atoms with Gasteiger partial charge in [0.15, 0.2) is 0 Å². The number of carbonyl (C=O) groups excluding carboxylic acids is 1. The van der Waals surface area contributed by atoms with Crippen molar-refractivity contribution in [1.82, 2.24) is 5.32 Å². The number of carbonyl (C=O) groups is 2. The third-order valence-electron chi connectivity index (χ3n) is 5.32. The normalized spacial score (nSPS) is 37.0. The van der Waals surface area contributed by atoms with Crippen molar-refractivity contribution < 1.29 is 14.7 Å². The fraction of sp³-hybridized carbons (Fsp3) is 0.875. The molecule has 0 aromatic rings. The van der Waals surface area contributed by atoms with Gasteiger partial charge in [-0.15, -0.1) is 0 Å². The van der Waals surface area contributed by atoms with Crippen molar-refractivity contribution in [3.63, 3.8) is 0 Å². The summed E-state index contributed by atoms with van der Waals surface area (Å²) >= 11 is 0. The van der Waals surface area contributed by atoms with Gasteiger partial charge < -0.3 is 16.2 Å². The lowest BCUT2D eigenvalue weighted by atomic mass is 9.75. The van der Waals surface area contributed by atoms with Crippen molar-refractivity contribution in [2.24, 2.45) is 23.5 Å². The van der Waals surface area contributed by atoms with Gasteiger partial charge in [-0.05, 0) is 56.9 Å². The monoisotopic (exact) mass is 296 g/mol. The van der Waals surface area contributed by atoms with E-state index in [-0.39, 0.29) is 11.8 Å². The van der Waals surface area contributed by atoms with Crippen molar-refractivity contribution in [1.29, 1.82) is 0 Å². The minimum Gasteiger partial charge on any atom is -0.480 e. The first-order valence-electron chi connectivity index (χ1n) is 8.22.